The summed E-state index contributed by atoms with van der Waals surface area (Å²) in [5.74, 6) is 0.545. The Morgan fingerprint density at radius 1 is 0.944 bits per heavy atom. The second-order valence-corrected chi connectivity index (χ2v) is 9.68. The lowest BCUT2D eigenvalue weighted by molar-refractivity contribution is -0.113. The number of hydrogen-bond donors (Lipinski definition) is 2. The minimum atomic E-state index is -0.344. The number of amides is 2. The fourth-order valence-corrected chi connectivity index (χ4v) is 4.99. The summed E-state index contributed by atoms with van der Waals surface area (Å²) in [5, 5.41) is 8.65. The average molecular weight is 540 g/mol. The normalized spacial score (nSPS) is 10.5. The predicted molar refractivity (Wildman–Crippen MR) is 146 cm³/mol. The fourth-order valence-electron chi connectivity index (χ4n) is 3.33. The van der Waals surface area contributed by atoms with Crippen molar-refractivity contribution >= 4 is 57.3 Å². The van der Waals surface area contributed by atoms with Crippen LogP contribution in [-0.4, -0.2) is 36.8 Å². The second-order valence-electron chi connectivity index (χ2n) is 7.37. The number of rotatable bonds is 9. The van der Waals surface area contributed by atoms with Gasteiger partial charge < -0.3 is 20.1 Å². The SMILES string of the molecule is COc1cccc(OC)c1C(=O)Nc1ccc(SCC(=O)Nc2nc(-c3ccccc3Cl)cs2)cc1. The number of carbonyl (C=O) groups is 2. The molecule has 10 heteroatoms. The molecular weight excluding hydrogens is 518 g/mol. The largest absolute Gasteiger partial charge is 0.496 e. The third kappa shape index (κ3) is 6.17. The lowest BCUT2D eigenvalue weighted by atomic mass is 10.1. The lowest BCUT2D eigenvalue weighted by Crippen LogP contribution is -2.14. The van der Waals surface area contributed by atoms with Crippen molar-refractivity contribution in [3.63, 3.8) is 0 Å². The zero-order valence-electron chi connectivity index (χ0n) is 19.4. The minimum Gasteiger partial charge on any atom is -0.496 e. The molecule has 0 bridgehead atoms. The smallest absolute Gasteiger partial charge is 0.263 e. The standard InChI is InChI=1S/C26H22ClN3O4S2/c1-33-21-8-5-9-22(34-2)24(21)25(32)28-16-10-12-17(13-11-16)35-15-23(31)30-26-29-20(14-36-26)18-6-3-4-7-19(18)27/h3-14H,15H2,1-2H3,(H,28,32)(H,29,30,31). The first-order chi connectivity index (χ1) is 17.5. The summed E-state index contributed by atoms with van der Waals surface area (Å²) in [7, 11) is 3.00. The Morgan fingerprint density at radius 3 is 2.31 bits per heavy atom. The molecule has 0 saturated carbocycles. The van der Waals surface area contributed by atoms with Crippen molar-refractivity contribution in [1.82, 2.24) is 4.98 Å². The van der Waals surface area contributed by atoms with Crippen LogP contribution < -0.4 is 20.1 Å². The van der Waals surface area contributed by atoms with Crippen LogP contribution in [0.1, 0.15) is 10.4 Å². The number of hydrogen-bond acceptors (Lipinski definition) is 7. The van der Waals surface area contributed by atoms with E-state index in [1.165, 1.54) is 37.3 Å². The van der Waals surface area contributed by atoms with Gasteiger partial charge in [0.25, 0.3) is 5.91 Å². The van der Waals surface area contributed by atoms with E-state index < -0.39 is 0 Å². The molecule has 0 spiro atoms. The van der Waals surface area contributed by atoms with E-state index in [4.69, 9.17) is 21.1 Å². The Kier molecular flexibility index (Phi) is 8.48. The van der Waals surface area contributed by atoms with E-state index >= 15 is 0 Å². The van der Waals surface area contributed by atoms with Gasteiger partial charge in [-0.1, -0.05) is 35.9 Å². The Hall–Kier alpha value is -3.53. The molecule has 1 aromatic heterocycles. The highest BCUT2D eigenvalue weighted by Crippen LogP contribution is 2.31. The van der Waals surface area contributed by atoms with E-state index in [1.54, 1.807) is 36.4 Å². The van der Waals surface area contributed by atoms with Crippen molar-refractivity contribution in [1.29, 1.82) is 0 Å². The summed E-state index contributed by atoms with van der Waals surface area (Å²) in [5.41, 5.74) is 2.47. The number of thiazole rings is 1. The number of benzene rings is 3. The Bertz CT molecular complexity index is 1350. The van der Waals surface area contributed by atoms with Gasteiger partial charge in [-0.3, -0.25) is 9.59 Å². The first kappa shape index (κ1) is 25.6. The molecule has 3 aromatic carbocycles. The van der Waals surface area contributed by atoms with Crippen LogP contribution in [0.5, 0.6) is 11.5 Å². The van der Waals surface area contributed by atoms with E-state index in [9.17, 15) is 9.59 Å². The number of thioether (sulfide) groups is 1. The molecule has 4 aromatic rings. The van der Waals surface area contributed by atoms with Gasteiger partial charge in [0.05, 0.1) is 25.7 Å². The fraction of sp³-hybridized carbons (Fsp3) is 0.115. The van der Waals surface area contributed by atoms with Crippen LogP contribution in [-0.2, 0) is 4.79 Å². The van der Waals surface area contributed by atoms with Gasteiger partial charge in [-0.25, -0.2) is 4.98 Å². The van der Waals surface area contributed by atoms with Crippen molar-refractivity contribution in [3.8, 4) is 22.8 Å². The second kappa shape index (κ2) is 11.9. The van der Waals surface area contributed by atoms with E-state index in [2.05, 4.69) is 15.6 Å². The third-order valence-electron chi connectivity index (χ3n) is 5.04. The maximum absolute atomic E-state index is 12.8. The highest BCUT2D eigenvalue weighted by Gasteiger charge is 2.18. The third-order valence-corrected chi connectivity index (χ3v) is 7.14. The molecule has 0 saturated heterocycles. The molecule has 0 fully saturated rings. The van der Waals surface area contributed by atoms with Crippen molar-refractivity contribution < 1.29 is 19.1 Å². The Labute approximate surface area is 221 Å². The van der Waals surface area contributed by atoms with Crippen LogP contribution in [0.4, 0.5) is 10.8 Å². The molecular formula is C26H22ClN3O4S2. The molecule has 2 amide bonds. The van der Waals surface area contributed by atoms with Crippen LogP contribution in [0.3, 0.4) is 0 Å². The maximum Gasteiger partial charge on any atom is 0.263 e. The molecule has 0 aliphatic heterocycles. The summed E-state index contributed by atoms with van der Waals surface area (Å²) < 4.78 is 10.6. The molecule has 0 aliphatic carbocycles. The molecule has 184 valence electrons. The first-order valence-electron chi connectivity index (χ1n) is 10.7. The van der Waals surface area contributed by atoms with Crippen LogP contribution in [0.25, 0.3) is 11.3 Å². The van der Waals surface area contributed by atoms with Crippen molar-refractivity contribution in [2.45, 2.75) is 4.90 Å². The zero-order valence-corrected chi connectivity index (χ0v) is 21.8. The van der Waals surface area contributed by atoms with Crippen molar-refractivity contribution in [2.24, 2.45) is 0 Å². The first-order valence-corrected chi connectivity index (χ1v) is 13.0. The summed E-state index contributed by atoms with van der Waals surface area (Å²) in [4.78, 5) is 30.6. The van der Waals surface area contributed by atoms with Crippen molar-refractivity contribution in [2.75, 3.05) is 30.6 Å². The van der Waals surface area contributed by atoms with E-state index in [0.29, 0.717) is 32.9 Å². The summed E-state index contributed by atoms with van der Waals surface area (Å²) in [6.45, 7) is 0. The maximum atomic E-state index is 12.8. The van der Waals surface area contributed by atoms with E-state index in [0.717, 1.165) is 16.2 Å². The number of nitrogens with zero attached hydrogens (tertiary/aromatic N) is 1. The topological polar surface area (TPSA) is 89.5 Å². The molecule has 1 heterocycles. The van der Waals surface area contributed by atoms with Crippen LogP contribution in [0.15, 0.2) is 77.0 Å². The van der Waals surface area contributed by atoms with Crippen LogP contribution in [0, 0.1) is 0 Å². The Balaban J connectivity index is 1.32. The molecule has 0 atom stereocenters. The van der Waals surface area contributed by atoms with Gasteiger partial charge in [0.2, 0.25) is 5.91 Å². The predicted octanol–water partition coefficient (Wildman–Crippen LogP) is 6.46. The molecule has 0 radical (unpaired) electrons. The van der Waals surface area contributed by atoms with Gasteiger partial charge in [0.1, 0.15) is 17.1 Å². The summed E-state index contributed by atoms with van der Waals surface area (Å²) in [6.07, 6.45) is 0. The van der Waals surface area contributed by atoms with Gasteiger partial charge >= 0.3 is 0 Å². The highest BCUT2D eigenvalue weighted by atomic mass is 35.5. The van der Waals surface area contributed by atoms with Gasteiger partial charge in [0, 0.05) is 26.5 Å². The van der Waals surface area contributed by atoms with Crippen LogP contribution >= 0.6 is 34.7 Å². The van der Waals surface area contributed by atoms with E-state index in [-0.39, 0.29) is 17.6 Å². The molecule has 4 rings (SSSR count). The number of nitrogens with one attached hydrogen (secondary N) is 2. The number of halogens is 1. The van der Waals surface area contributed by atoms with Crippen LogP contribution in [0.2, 0.25) is 5.02 Å². The number of anilines is 2. The van der Waals surface area contributed by atoms with Gasteiger partial charge in [-0.2, -0.15) is 0 Å². The Morgan fingerprint density at radius 2 is 1.64 bits per heavy atom. The van der Waals surface area contributed by atoms with Crippen molar-refractivity contribution in [3.05, 3.63) is 82.7 Å². The van der Waals surface area contributed by atoms with Gasteiger partial charge in [-0.15, -0.1) is 23.1 Å². The minimum absolute atomic E-state index is 0.166. The lowest BCUT2D eigenvalue weighted by Gasteiger charge is -2.13. The average Bonchev–Trinajstić information content (AvgIpc) is 3.35. The van der Waals surface area contributed by atoms with E-state index in [1.807, 2.05) is 35.7 Å². The molecule has 0 unspecified atom stereocenters. The molecule has 36 heavy (non-hydrogen) atoms. The quantitative estimate of drug-likeness (QED) is 0.237. The summed E-state index contributed by atoms with van der Waals surface area (Å²) >= 11 is 8.95. The van der Waals surface area contributed by atoms with Gasteiger partial charge in [0.15, 0.2) is 5.13 Å². The zero-order chi connectivity index (χ0) is 25.5. The highest BCUT2D eigenvalue weighted by molar-refractivity contribution is 8.00. The van der Waals surface area contributed by atoms with Gasteiger partial charge in [-0.05, 0) is 42.5 Å². The number of aromatic nitrogens is 1. The summed E-state index contributed by atoms with van der Waals surface area (Å²) in [6, 6.07) is 19.8. The number of ether oxygens (including phenoxy) is 2. The number of carbonyl (C=O) groups excluding carboxylic acids is 2. The number of methoxy groups -OCH3 is 2. The molecule has 2 N–H and O–H groups in total. The molecule has 0 aliphatic rings. The monoisotopic (exact) mass is 539 g/mol. The molecule has 7 nitrogen and oxygen atoms in total.